The van der Waals surface area contributed by atoms with Crippen molar-refractivity contribution in [1.29, 1.82) is 0 Å². The number of rotatable bonds is 11. The predicted molar refractivity (Wildman–Crippen MR) is 124 cm³/mol. The largest absolute Gasteiger partial charge is 0.480 e. The maximum Gasteiger partial charge on any atom is 0.407 e. The lowest BCUT2D eigenvalue weighted by atomic mass is 10.0. The van der Waals surface area contributed by atoms with E-state index in [2.05, 4.69) is 20.4 Å². The zero-order valence-corrected chi connectivity index (χ0v) is 19.1. The summed E-state index contributed by atoms with van der Waals surface area (Å²) in [5.41, 5.74) is 11.3. The van der Waals surface area contributed by atoms with Crippen molar-refractivity contribution in [3.8, 4) is 0 Å². The lowest BCUT2D eigenvalue weighted by Crippen LogP contribution is -2.55. The van der Waals surface area contributed by atoms with Gasteiger partial charge in [-0.3, -0.25) is 14.6 Å². The van der Waals surface area contributed by atoms with Crippen LogP contribution in [0, 0.1) is 0 Å². The van der Waals surface area contributed by atoms with Crippen molar-refractivity contribution in [1.82, 2.24) is 15.5 Å². The van der Waals surface area contributed by atoms with Gasteiger partial charge in [-0.15, -0.1) is 0 Å². The summed E-state index contributed by atoms with van der Waals surface area (Å²) < 4.78 is 4.66. The number of carbonyl (C=O) groups is 4. The summed E-state index contributed by atoms with van der Waals surface area (Å²) in [4.78, 5) is 54.9. The van der Waals surface area contributed by atoms with Gasteiger partial charge in [-0.1, -0.05) is 30.3 Å². The summed E-state index contributed by atoms with van der Waals surface area (Å²) in [6, 6.07) is 6.20. The molecule has 12 heteroatoms. The van der Waals surface area contributed by atoms with Crippen LogP contribution in [-0.4, -0.2) is 78.2 Å². The van der Waals surface area contributed by atoms with E-state index >= 15 is 0 Å². The van der Waals surface area contributed by atoms with Gasteiger partial charge in [-0.25, -0.2) is 9.59 Å². The van der Waals surface area contributed by atoms with Gasteiger partial charge in [-0.2, -0.15) is 0 Å². The highest BCUT2D eigenvalue weighted by molar-refractivity contribution is 5.93. The molecule has 3 atom stereocenters. The molecule has 34 heavy (non-hydrogen) atoms. The maximum absolute atomic E-state index is 13.3. The van der Waals surface area contributed by atoms with Crippen LogP contribution >= 0.6 is 0 Å². The molecule has 0 aliphatic carbocycles. The van der Waals surface area contributed by atoms with Crippen LogP contribution in [0.5, 0.6) is 0 Å². The Balaban J connectivity index is 2.09. The molecule has 0 spiro atoms. The average Bonchev–Trinajstić information content (AvgIpc) is 3.30. The van der Waals surface area contributed by atoms with E-state index in [1.54, 1.807) is 0 Å². The molecule has 0 saturated carbocycles. The minimum atomic E-state index is -1.19. The molecular weight excluding hydrogens is 444 g/mol. The summed E-state index contributed by atoms with van der Waals surface area (Å²) in [6.07, 6.45) is 0.878. The summed E-state index contributed by atoms with van der Waals surface area (Å²) in [6.45, 7) is 0.545. The Morgan fingerprint density at radius 1 is 1.18 bits per heavy atom. The fraction of sp³-hybridized carbons (Fsp3) is 0.500. The number of nitrogens with one attached hydrogen (secondary N) is 2. The first-order chi connectivity index (χ1) is 16.2. The first kappa shape index (κ1) is 26.4. The van der Waals surface area contributed by atoms with Gasteiger partial charge in [0, 0.05) is 19.5 Å². The Bertz CT molecular complexity index is 889. The SMILES string of the molecule is COC(=O)N[C@H](Cc1ccccc1)C(=O)N1CCC[C@H]1C(=O)N[C@@H](CCCN=C(N)N)C(=O)O. The van der Waals surface area contributed by atoms with Crippen molar-refractivity contribution in [3.05, 3.63) is 35.9 Å². The number of hydrogen-bond donors (Lipinski definition) is 5. The summed E-state index contributed by atoms with van der Waals surface area (Å²) >= 11 is 0. The van der Waals surface area contributed by atoms with E-state index in [-0.39, 0.29) is 25.3 Å². The molecule has 186 valence electrons. The minimum absolute atomic E-state index is 0.0957. The molecule has 12 nitrogen and oxygen atoms in total. The van der Waals surface area contributed by atoms with Crippen LogP contribution in [0.2, 0.25) is 0 Å². The van der Waals surface area contributed by atoms with Crippen molar-refractivity contribution in [2.75, 3.05) is 20.2 Å². The Kier molecular flexibility index (Phi) is 10.1. The summed E-state index contributed by atoms with van der Waals surface area (Å²) in [5, 5.41) is 14.5. The molecule has 3 amide bonds. The van der Waals surface area contributed by atoms with Crippen molar-refractivity contribution in [3.63, 3.8) is 0 Å². The van der Waals surface area contributed by atoms with Crippen LogP contribution in [-0.2, 0) is 25.5 Å². The number of aliphatic carboxylic acids is 1. The first-order valence-electron chi connectivity index (χ1n) is 11.0. The molecule has 1 saturated heterocycles. The summed E-state index contributed by atoms with van der Waals surface area (Å²) in [5.74, 6) is -2.28. The van der Waals surface area contributed by atoms with Gasteiger partial charge < -0.3 is 36.8 Å². The highest BCUT2D eigenvalue weighted by atomic mass is 16.5. The van der Waals surface area contributed by atoms with E-state index in [0.29, 0.717) is 25.8 Å². The first-order valence-corrected chi connectivity index (χ1v) is 11.0. The second kappa shape index (κ2) is 13.0. The molecule has 2 rings (SSSR count). The number of alkyl carbamates (subject to hydrolysis) is 1. The highest BCUT2D eigenvalue weighted by Gasteiger charge is 2.38. The number of likely N-dealkylation sites (tertiary alicyclic amines) is 1. The van der Waals surface area contributed by atoms with Crippen LogP contribution in [0.1, 0.15) is 31.2 Å². The molecule has 0 bridgehead atoms. The van der Waals surface area contributed by atoms with Gasteiger partial charge >= 0.3 is 12.1 Å². The molecule has 0 aromatic heterocycles. The fourth-order valence-corrected chi connectivity index (χ4v) is 3.78. The average molecular weight is 477 g/mol. The monoisotopic (exact) mass is 476 g/mol. The topological polar surface area (TPSA) is 189 Å². The van der Waals surface area contributed by atoms with E-state index in [9.17, 15) is 24.3 Å². The number of carboxylic acids is 1. The standard InChI is InChI=1S/C22H32N6O6/c1-34-22(33)27-16(13-14-7-3-2-4-8-14)19(30)28-12-6-10-17(28)18(29)26-15(20(31)32)9-5-11-25-21(23)24/h2-4,7-8,15-17H,5-6,9-13H2,1H3,(H,26,29)(H,27,33)(H,31,32)(H4,23,24,25)/t15-,16+,17-/m0/s1. The van der Waals surface area contributed by atoms with Gasteiger partial charge in [0.1, 0.15) is 18.1 Å². The third-order valence-corrected chi connectivity index (χ3v) is 5.46. The van der Waals surface area contributed by atoms with Crippen molar-refractivity contribution < 1.29 is 29.0 Å². The lowest BCUT2D eigenvalue weighted by molar-refractivity contribution is -0.144. The minimum Gasteiger partial charge on any atom is -0.480 e. The van der Waals surface area contributed by atoms with E-state index < -0.39 is 42.0 Å². The van der Waals surface area contributed by atoms with Crippen LogP contribution in [0.15, 0.2) is 35.3 Å². The number of carboxylic acid groups (broad SMARTS) is 1. The molecule has 7 N–H and O–H groups in total. The second-order valence-electron chi connectivity index (χ2n) is 7.92. The predicted octanol–water partition coefficient (Wildman–Crippen LogP) is -0.432. The zero-order valence-electron chi connectivity index (χ0n) is 19.1. The molecule has 1 aliphatic heterocycles. The number of hydrogen-bond acceptors (Lipinski definition) is 6. The lowest BCUT2D eigenvalue weighted by Gasteiger charge is -2.29. The van der Waals surface area contributed by atoms with Gasteiger partial charge in [0.15, 0.2) is 5.96 Å². The molecule has 1 aromatic carbocycles. The van der Waals surface area contributed by atoms with Crippen LogP contribution in [0.25, 0.3) is 0 Å². The Hall–Kier alpha value is -3.83. The number of ether oxygens (including phenoxy) is 1. The Labute approximate surface area is 197 Å². The fourth-order valence-electron chi connectivity index (χ4n) is 3.78. The molecule has 1 fully saturated rings. The second-order valence-corrected chi connectivity index (χ2v) is 7.92. The van der Waals surface area contributed by atoms with Gasteiger partial charge in [-0.05, 0) is 31.2 Å². The number of methoxy groups -OCH3 is 1. The molecule has 0 radical (unpaired) electrons. The summed E-state index contributed by atoms with van der Waals surface area (Å²) in [7, 11) is 1.20. The molecule has 1 aliphatic rings. The van der Waals surface area contributed by atoms with E-state index in [1.807, 2.05) is 30.3 Å². The van der Waals surface area contributed by atoms with E-state index in [0.717, 1.165) is 5.56 Å². The third kappa shape index (κ3) is 7.94. The quantitative estimate of drug-likeness (QED) is 0.161. The van der Waals surface area contributed by atoms with Crippen molar-refractivity contribution in [2.24, 2.45) is 16.5 Å². The molecule has 1 heterocycles. The van der Waals surface area contributed by atoms with Crippen LogP contribution < -0.4 is 22.1 Å². The number of nitrogens with zero attached hydrogens (tertiary/aromatic N) is 2. The number of nitrogens with two attached hydrogens (primary N) is 2. The molecule has 1 aromatic rings. The molecule has 0 unspecified atom stereocenters. The van der Waals surface area contributed by atoms with E-state index in [1.165, 1.54) is 12.0 Å². The smallest absolute Gasteiger partial charge is 0.407 e. The number of carbonyl (C=O) groups excluding carboxylic acids is 3. The van der Waals surface area contributed by atoms with Gasteiger partial charge in [0.05, 0.1) is 7.11 Å². The normalized spacial score (nSPS) is 16.7. The Morgan fingerprint density at radius 2 is 1.88 bits per heavy atom. The van der Waals surface area contributed by atoms with Crippen molar-refractivity contribution in [2.45, 2.75) is 50.2 Å². The number of benzene rings is 1. The number of amides is 3. The van der Waals surface area contributed by atoms with Crippen LogP contribution in [0.4, 0.5) is 4.79 Å². The number of guanidine groups is 1. The van der Waals surface area contributed by atoms with E-state index in [4.69, 9.17) is 11.5 Å². The third-order valence-electron chi connectivity index (χ3n) is 5.46. The highest BCUT2D eigenvalue weighted by Crippen LogP contribution is 2.20. The van der Waals surface area contributed by atoms with Gasteiger partial charge in [0.25, 0.3) is 0 Å². The number of aliphatic imine (C=N–C) groups is 1. The molecular formula is C22H32N6O6. The zero-order chi connectivity index (χ0) is 25.1. The van der Waals surface area contributed by atoms with Gasteiger partial charge in [0.2, 0.25) is 11.8 Å². The van der Waals surface area contributed by atoms with Crippen LogP contribution in [0.3, 0.4) is 0 Å². The maximum atomic E-state index is 13.3. The van der Waals surface area contributed by atoms with Crippen molar-refractivity contribution >= 4 is 29.8 Å². The Morgan fingerprint density at radius 3 is 2.50 bits per heavy atom.